The number of carbonyl (C=O) groups is 2. The highest BCUT2D eigenvalue weighted by atomic mass is 19.1. The van der Waals surface area contributed by atoms with Crippen LogP contribution >= 0.6 is 0 Å². The number of methoxy groups -OCH3 is 1. The predicted molar refractivity (Wildman–Crippen MR) is 176 cm³/mol. The lowest BCUT2D eigenvalue weighted by Gasteiger charge is -2.39. The number of rotatable bonds is 9. The molecule has 0 saturated carbocycles. The summed E-state index contributed by atoms with van der Waals surface area (Å²) in [6.45, 7) is 8.76. The number of fused-ring (bicyclic) bond motifs is 1. The number of likely N-dealkylation sites (tertiary alicyclic amines) is 1. The smallest absolute Gasteiger partial charge is 0.410 e. The van der Waals surface area contributed by atoms with Crippen LogP contribution in [0.5, 0.6) is 0 Å². The molecule has 0 aliphatic carbocycles. The molecule has 1 N–H and O–H groups in total. The third kappa shape index (κ3) is 7.77. The van der Waals surface area contributed by atoms with E-state index in [9.17, 15) is 9.59 Å². The van der Waals surface area contributed by atoms with Gasteiger partial charge in [0.1, 0.15) is 17.2 Å². The molecule has 1 aliphatic heterocycles. The van der Waals surface area contributed by atoms with E-state index in [4.69, 9.17) is 9.47 Å². The van der Waals surface area contributed by atoms with Crippen molar-refractivity contribution in [3.8, 4) is 0 Å². The molecule has 1 saturated heterocycles. The normalized spacial score (nSPS) is 15.1. The molecule has 1 atom stereocenters. The minimum absolute atomic E-state index is 0.110. The molecule has 242 valence electrons. The highest BCUT2D eigenvalue weighted by molar-refractivity contribution is 6.11. The third-order valence-electron chi connectivity index (χ3n) is 7.79. The van der Waals surface area contributed by atoms with E-state index in [2.05, 4.69) is 20.3 Å². The number of halogens is 1. The molecular formula is C35H41FN6O4. The summed E-state index contributed by atoms with van der Waals surface area (Å²) >= 11 is 0. The summed E-state index contributed by atoms with van der Waals surface area (Å²) in [5.41, 5.74) is 1.40. The molecule has 5 rings (SSSR count). The molecule has 4 aromatic rings. The van der Waals surface area contributed by atoms with Crippen LogP contribution in [-0.4, -0.2) is 70.3 Å². The van der Waals surface area contributed by atoms with Crippen molar-refractivity contribution in [1.82, 2.24) is 19.9 Å². The number of ether oxygens (including phenoxy) is 2. The number of aromatic nitrogens is 3. The zero-order valence-corrected chi connectivity index (χ0v) is 27.0. The van der Waals surface area contributed by atoms with Gasteiger partial charge in [0.25, 0.3) is 5.91 Å². The second-order valence-electron chi connectivity index (χ2n) is 12.5. The summed E-state index contributed by atoms with van der Waals surface area (Å²) in [6, 6.07) is 13.5. The number of piperidine rings is 1. The van der Waals surface area contributed by atoms with E-state index < -0.39 is 29.5 Å². The van der Waals surface area contributed by atoms with Gasteiger partial charge in [0, 0.05) is 56.0 Å². The van der Waals surface area contributed by atoms with E-state index in [1.54, 1.807) is 35.4 Å². The molecule has 1 fully saturated rings. The molecule has 1 aliphatic rings. The highest BCUT2D eigenvalue weighted by Crippen LogP contribution is 2.33. The maximum absolute atomic E-state index is 15.9. The van der Waals surface area contributed by atoms with Crippen LogP contribution in [0, 0.1) is 12.7 Å². The summed E-state index contributed by atoms with van der Waals surface area (Å²) in [7, 11) is 1.66. The second-order valence-corrected chi connectivity index (χ2v) is 12.5. The Hall–Kier alpha value is -4.64. The third-order valence-corrected chi connectivity index (χ3v) is 7.79. The van der Waals surface area contributed by atoms with Crippen molar-refractivity contribution in [3.63, 3.8) is 0 Å². The number of hydrogen-bond acceptors (Lipinski definition) is 8. The van der Waals surface area contributed by atoms with Gasteiger partial charge in [0.05, 0.1) is 11.6 Å². The van der Waals surface area contributed by atoms with Gasteiger partial charge >= 0.3 is 6.09 Å². The first-order valence-corrected chi connectivity index (χ1v) is 15.6. The first-order chi connectivity index (χ1) is 22.0. The Balaban J connectivity index is 1.47. The van der Waals surface area contributed by atoms with Crippen molar-refractivity contribution in [2.75, 3.05) is 37.0 Å². The summed E-state index contributed by atoms with van der Waals surface area (Å²) in [4.78, 5) is 44.1. The highest BCUT2D eigenvalue weighted by Gasteiger charge is 2.36. The van der Waals surface area contributed by atoms with Crippen molar-refractivity contribution >= 4 is 40.2 Å². The van der Waals surface area contributed by atoms with Gasteiger partial charge in [-0.15, -0.1) is 0 Å². The monoisotopic (exact) mass is 628 g/mol. The van der Waals surface area contributed by atoms with Crippen LogP contribution in [0.1, 0.15) is 61.6 Å². The van der Waals surface area contributed by atoms with Crippen molar-refractivity contribution < 1.29 is 23.5 Å². The standard InChI is InChI=1S/C35H41FN6O4/c1-23-9-6-10-24-15-17-37-31(30(23)24)42(27-12-7-19-41(22-27)34(44)46-35(2,3)4)32(43)28-14-13-26(21-29(28)36)40-33-38-18-16-25(39-33)11-8-20-45-5/h6,9-10,13-18,21,27H,7-8,11-12,19-20,22H2,1-5H3,(H,38,39,40)/t27-/m1/s1. The minimum atomic E-state index is -0.701. The first kappa shape index (κ1) is 32.7. The Kier molecular flexibility index (Phi) is 10.1. The molecule has 3 heterocycles. The number of nitrogens with zero attached hydrogens (tertiary/aromatic N) is 5. The largest absolute Gasteiger partial charge is 0.444 e. The van der Waals surface area contributed by atoms with E-state index in [-0.39, 0.29) is 12.1 Å². The number of benzene rings is 2. The Morgan fingerprint density at radius 1 is 1.11 bits per heavy atom. The molecule has 2 amide bonds. The minimum Gasteiger partial charge on any atom is -0.444 e. The number of hydrogen-bond donors (Lipinski definition) is 1. The lowest BCUT2D eigenvalue weighted by molar-refractivity contribution is 0.0196. The van der Waals surface area contributed by atoms with Crippen LogP contribution in [0.15, 0.2) is 60.9 Å². The average molecular weight is 629 g/mol. The summed E-state index contributed by atoms with van der Waals surface area (Å²) < 4.78 is 26.6. The topological polar surface area (TPSA) is 110 Å². The van der Waals surface area contributed by atoms with Crippen LogP contribution < -0.4 is 10.2 Å². The molecule has 2 aromatic heterocycles. The zero-order valence-electron chi connectivity index (χ0n) is 27.0. The Morgan fingerprint density at radius 2 is 1.91 bits per heavy atom. The van der Waals surface area contributed by atoms with E-state index >= 15 is 4.39 Å². The van der Waals surface area contributed by atoms with Crippen LogP contribution in [0.25, 0.3) is 10.8 Å². The fourth-order valence-electron chi connectivity index (χ4n) is 5.68. The Morgan fingerprint density at radius 3 is 2.67 bits per heavy atom. The molecule has 10 nitrogen and oxygen atoms in total. The van der Waals surface area contributed by atoms with Gasteiger partial charge in [-0.2, -0.15) is 0 Å². The first-order valence-electron chi connectivity index (χ1n) is 15.6. The number of nitrogens with one attached hydrogen (secondary N) is 1. The summed E-state index contributed by atoms with van der Waals surface area (Å²) in [5, 5.41) is 4.75. The Labute approximate surface area is 269 Å². The van der Waals surface area contributed by atoms with Crippen LogP contribution in [0.4, 0.5) is 26.6 Å². The fourth-order valence-corrected chi connectivity index (χ4v) is 5.68. The van der Waals surface area contributed by atoms with Gasteiger partial charge in [-0.05, 0) is 94.7 Å². The van der Waals surface area contributed by atoms with E-state index in [0.717, 1.165) is 34.9 Å². The molecule has 0 bridgehead atoms. The van der Waals surface area contributed by atoms with Gasteiger partial charge < -0.3 is 19.7 Å². The fraction of sp³-hybridized carbons (Fsp3) is 0.400. The van der Waals surface area contributed by atoms with Crippen LogP contribution in [0.2, 0.25) is 0 Å². The molecule has 2 aromatic carbocycles. The van der Waals surface area contributed by atoms with Gasteiger partial charge in [-0.25, -0.2) is 24.1 Å². The maximum Gasteiger partial charge on any atom is 0.410 e. The molecular weight excluding hydrogens is 587 g/mol. The number of pyridine rings is 1. The van der Waals surface area contributed by atoms with Crippen LogP contribution in [0.3, 0.4) is 0 Å². The molecule has 0 spiro atoms. The van der Waals surface area contributed by atoms with Crippen molar-refractivity contribution in [3.05, 3.63) is 83.6 Å². The Bertz CT molecular complexity index is 1700. The number of anilines is 3. The molecule has 11 heteroatoms. The lowest BCUT2D eigenvalue weighted by Crippen LogP contribution is -2.53. The maximum atomic E-state index is 15.9. The predicted octanol–water partition coefficient (Wildman–Crippen LogP) is 6.84. The van der Waals surface area contributed by atoms with Crippen molar-refractivity contribution in [1.29, 1.82) is 0 Å². The SMILES string of the molecule is COCCCc1ccnc(Nc2ccc(C(=O)N(c3nccc4cccc(C)c34)[C@@H]3CCCN(C(=O)OC(C)(C)C)C3)c(F)c2)n1. The second kappa shape index (κ2) is 14.2. The number of carbonyl (C=O) groups excluding carboxylic acids is 2. The van der Waals surface area contributed by atoms with E-state index in [1.807, 2.05) is 58.0 Å². The van der Waals surface area contributed by atoms with Crippen LogP contribution in [-0.2, 0) is 15.9 Å². The van der Waals surface area contributed by atoms with E-state index in [1.165, 1.54) is 12.1 Å². The average Bonchev–Trinajstić information content (AvgIpc) is 3.01. The quantitative estimate of drug-likeness (QED) is 0.201. The molecule has 0 radical (unpaired) electrons. The number of amides is 2. The van der Waals surface area contributed by atoms with E-state index in [0.29, 0.717) is 43.4 Å². The number of aryl methyl sites for hydroxylation is 2. The van der Waals surface area contributed by atoms with Crippen molar-refractivity contribution in [2.45, 2.75) is 65.0 Å². The molecule has 46 heavy (non-hydrogen) atoms. The lowest BCUT2D eigenvalue weighted by atomic mass is 10.00. The zero-order chi connectivity index (χ0) is 32.8. The van der Waals surface area contributed by atoms with Gasteiger partial charge in [0.2, 0.25) is 5.95 Å². The molecule has 0 unspecified atom stereocenters. The van der Waals surface area contributed by atoms with Crippen molar-refractivity contribution in [2.24, 2.45) is 0 Å². The van der Waals surface area contributed by atoms with Gasteiger partial charge in [-0.1, -0.05) is 18.2 Å². The van der Waals surface area contributed by atoms with Gasteiger partial charge in [-0.3, -0.25) is 9.69 Å². The van der Waals surface area contributed by atoms with Gasteiger partial charge in [0.15, 0.2) is 0 Å². The summed E-state index contributed by atoms with van der Waals surface area (Å²) in [6.07, 6.45) is 5.64. The summed E-state index contributed by atoms with van der Waals surface area (Å²) in [5.74, 6) is -0.487.